The summed E-state index contributed by atoms with van der Waals surface area (Å²) in [4.78, 5) is 10.6. The summed E-state index contributed by atoms with van der Waals surface area (Å²) in [6.45, 7) is -0.438. The molecular formula is C6H6F3N3O. The van der Waals surface area contributed by atoms with E-state index in [9.17, 15) is 18.0 Å². The largest absolute Gasteiger partial charge is 0.484 e. The van der Waals surface area contributed by atoms with Crippen LogP contribution in [0.5, 0.6) is 0 Å². The molecule has 0 bridgehead atoms. The second kappa shape index (κ2) is 3.46. The predicted molar refractivity (Wildman–Crippen MR) is 36.4 cm³/mol. The average molecular weight is 193 g/mol. The number of nitrogens with one attached hydrogen (secondary N) is 1. The molecule has 0 atom stereocenters. The highest BCUT2D eigenvalue weighted by atomic mass is 19.4. The molecule has 0 saturated carbocycles. The van der Waals surface area contributed by atoms with Crippen LogP contribution in [-0.2, 0) is 11.3 Å². The molecule has 1 aromatic rings. The Morgan fingerprint density at radius 2 is 2.23 bits per heavy atom. The summed E-state index contributed by atoms with van der Waals surface area (Å²) in [5.74, 6) is -1.14. The lowest BCUT2D eigenvalue weighted by Gasteiger charge is -2.07. The number of hydrogen-bond donors (Lipinski definition) is 1. The van der Waals surface area contributed by atoms with Gasteiger partial charge in [0.25, 0.3) is 0 Å². The molecule has 1 amide bonds. The van der Waals surface area contributed by atoms with E-state index in [1.54, 1.807) is 0 Å². The van der Waals surface area contributed by atoms with Gasteiger partial charge in [0.1, 0.15) is 6.54 Å². The van der Waals surface area contributed by atoms with Crippen molar-refractivity contribution in [2.24, 2.45) is 0 Å². The zero-order valence-electron chi connectivity index (χ0n) is 6.38. The maximum atomic E-state index is 11.6. The quantitative estimate of drug-likeness (QED) is 0.696. The molecule has 4 nitrogen and oxygen atoms in total. The molecule has 1 rings (SSSR count). The second-order valence-electron chi connectivity index (χ2n) is 2.25. The van der Waals surface area contributed by atoms with Crippen LogP contribution in [0, 0.1) is 0 Å². The zero-order valence-corrected chi connectivity index (χ0v) is 6.38. The number of halogens is 3. The molecule has 1 heterocycles. The van der Waals surface area contributed by atoms with Gasteiger partial charge in [0, 0.05) is 12.4 Å². The van der Waals surface area contributed by atoms with Crippen molar-refractivity contribution in [3.8, 4) is 0 Å². The fourth-order valence-electron chi connectivity index (χ4n) is 0.739. The minimum absolute atomic E-state index is 0.438. The normalized spacial score (nSPS) is 11.3. The molecule has 0 aliphatic rings. The number of nitrogens with zero attached hydrogens (tertiary/aromatic N) is 2. The van der Waals surface area contributed by atoms with Gasteiger partial charge in [0.15, 0.2) is 0 Å². The third-order valence-electron chi connectivity index (χ3n) is 1.15. The lowest BCUT2D eigenvalue weighted by molar-refractivity contribution is -0.170. The lowest BCUT2D eigenvalue weighted by atomic mass is 10.6. The Morgan fingerprint density at radius 3 is 2.69 bits per heavy atom. The van der Waals surface area contributed by atoms with Gasteiger partial charge in [-0.25, -0.2) is 0 Å². The Morgan fingerprint density at radius 1 is 1.54 bits per heavy atom. The smallest absolute Gasteiger partial charge is 0.273 e. The fourth-order valence-corrected chi connectivity index (χ4v) is 0.739. The molecule has 0 fully saturated rings. The van der Waals surface area contributed by atoms with Crippen molar-refractivity contribution in [3.05, 3.63) is 18.5 Å². The van der Waals surface area contributed by atoms with Crippen LogP contribution in [0.3, 0.4) is 0 Å². The van der Waals surface area contributed by atoms with Gasteiger partial charge in [0.2, 0.25) is 5.91 Å². The highest BCUT2D eigenvalue weighted by Gasteiger charge is 2.29. The summed E-state index contributed by atoms with van der Waals surface area (Å²) in [5.41, 5.74) is 0. The first-order valence-corrected chi connectivity index (χ1v) is 3.32. The molecule has 72 valence electrons. The molecule has 7 heteroatoms. The standard InChI is InChI=1S/C6H6F3N3O/c7-6(8,9)11-5(13)4-12-3-1-2-10-12/h1-3H,4H2,(H,11,13). The van der Waals surface area contributed by atoms with E-state index in [-0.39, 0.29) is 0 Å². The second-order valence-corrected chi connectivity index (χ2v) is 2.25. The first-order valence-electron chi connectivity index (χ1n) is 3.32. The van der Waals surface area contributed by atoms with E-state index >= 15 is 0 Å². The summed E-state index contributed by atoms with van der Waals surface area (Å²) in [5, 5.41) is 4.43. The van der Waals surface area contributed by atoms with Crippen LogP contribution in [0.4, 0.5) is 13.2 Å². The van der Waals surface area contributed by atoms with Crippen molar-refractivity contribution in [2.45, 2.75) is 12.8 Å². The molecule has 1 N–H and O–H groups in total. The molecule has 0 radical (unpaired) electrons. The van der Waals surface area contributed by atoms with Crippen molar-refractivity contribution in [1.29, 1.82) is 0 Å². The number of aromatic nitrogens is 2. The number of carbonyl (C=O) groups is 1. The average Bonchev–Trinajstić information content (AvgIpc) is 2.34. The molecule has 0 saturated heterocycles. The highest BCUT2D eigenvalue weighted by Crippen LogP contribution is 2.08. The van der Waals surface area contributed by atoms with E-state index in [0.29, 0.717) is 0 Å². The van der Waals surface area contributed by atoms with Crippen LogP contribution in [0.25, 0.3) is 0 Å². The van der Waals surface area contributed by atoms with Crippen LogP contribution < -0.4 is 5.32 Å². The van der Waals surface area contributed by atoms with Crippen LogP contribution in [0.2, 0.25) is 0 Å². The van der Waals surface area contributed by atoms with Gasteiger partial charge in [-0.3, -0.25) is 14.8 Å². The van der Waals surface area contributed by atoms with Gasteiger partial charge in [0.05, 0.1) is 0 Å². The molecule has 13 heavy (non-hydrogen) atoms. The minimum atomic E-state index is -4.68. The molecule has 0 aliphatic heterocycles. The molecule has 0 aliphatic carbocycles. The maximum absolute atomic E-state index is 11.6. The van der Waals surface area contributed by atoms with Gasteiger partial charge in [-0.1, -0.05) is 0 Å². The third kappa shape index (κ3) is 3.59. The van der Waals surface area contributed by atoms with Gasteiger partial charge >= 0.3 is 6.30 Å². The minimum Gasteiger partial charge on any atom is -0.273 e. The SMILES string of the molecule is O=C(Cn1cccn1)NC(F)(F)F. The topological polar surface area (TPSA) is 46.9 Å². The van der Waals surface area contributed by atoms with Crippen molar-refractivity contribution in [3.63, 3.8) is 0 Å². The van der Waals surface area contributed by atoms with E-state index in [1.807, 2.05) is 0 Å². The van der Waals surface area contributed by atoms with Gasteiger partial charge in [-0.05, 0) is 6.07 Å². The monoisotopic (exact) mass is 193 g/mol. The van der Waals surface area contributed by atoms with Gasteiger partial charge in [-0.15, -0.1) is 0 Å². The maximum Gasteiger partial charge on any atom is 0.484 e. The van der Waals surface area contributed by atoms with E-state index in [2.05, 4.69) is 5.10 Å². The molecule has 0 aromatic carbocycles. The van der Waals surface area contributed by atoms with E-state index < -0.39 is 18.8 Å². The van der Waals surface area contributed by atoms with Crippen molar-refractivity contribution >= 4 is 5.91 Å². The summed E-state index contributed by atoms with van der Waals surface area (Å²) >= 11 is 0. The van der Waals surface area contributed by atoms with Crippen molar-refractivity contribution in [2.75, 3.05) is 0 Å². The Kier molecular flexibility index (Phi) is 2.54. The Bertz CT molecular complexity index is 280. The third-order valence-corrected chi connectivity index (χ3v) is 1.15. The Hall–Kier alpha value is -1.53. The molecule has 0 unspecified atom stereocenters. The molecular weight excluding hydrogens is 187 g/mol. The summed E-state index contributed by atoms with van der Waals surface area (Å²) in [6.07, 6.45) is -1.90. The summed E-state index contributed by atoms with van der Waals surface area (Å²) in [7, 11) is 0. The summed E-state index contributed by atoms with van der Waals surface area (Å²) < 4.78 is 35.8. The van der Waals surface area contributed by atoms with E-state index in [1.165, 1.54) is 18.5 Å². The lowest BCUT2D eigenvalue weighted by Crippen LogP contribution is -2.39. The summed E-state index contributed by atoms with van der Waals surface area (Å²) in [6, 6.07) is 1.51. The zero-order chi connectivity index (χ0) is 9.90. The van der Waals surface area contributed by atoms with Crippen LogP contribution in [-0.4, -0.2) is 22.0 Å². The Balaban J connectivity index is 2.43. The fraction of sp³-hybridized carbons (Fsp3) is 0.333. The molecule has 1 aromatic heterocycles. The number of amides is 1. The van der Waals surface area contributed by atoms with Crippen LogP contribution in [0.15, 0.2) is 18.5 Å². The first-order chi connectivity index (χ1) is 5.97. The van der Waals surface area contributed by atoms with Gasteiger partial charge < -0.3 is 0 Å². The van der Waals surface area contributed by atoms with E-state index in [0.717, 1.165) is 10.00 Å². The highest BCUT2D eigenvalue weighted by molar-refractivity contribution is 5.75. The van der Waals surface area contributed by atoms with Crippen molar-refractivity contribution < 1.29 is 18.0 Å². The number of hydrogen-bond acceptors (Lipinski definition) is 2. The number of carbonyl (C=O) groups excluding carboxylic acids is 1. The van der Waals surface area contributed by atoms with Crippen LogP contribution in [0.1, 0.15) is 0 Å². The van der Waals surface area contributed by atoms with Gasteiger partial charge in [-0.2, -0.15) is 18.3 Å². The predicted octanol–water partition coefficient (Wildman–Crippen LogP) is 0.519. The number of alkyl halides is 3. The number of rotatable bonds is 2. The van der Waals surface area contributed by atoms with E-state index in [4.69, 9.17) is 0 Å². The van der Waals surface area contributed by atoms with Crippen LogP contribution >= 0.6 is 0 Å². The first kappa shape index (κ1) is 9.56. The molecule has 0 spiro atoms. The van der Waals surface area contributed by atoms with Crippen molar-refractivity contribution in [1.82, 2.24) is 15.1 Å². The Labute approximate surface area is 71.3 Å².